The molecule has 1 N–H and O–H groups in total. The Kier molecular flexibility index (Phi) is 6.30. The van der Waals surface area contributed by atoms with Crippen LogP contribution in [-0.4, -0.2) is 34.8 Å². The van der Waals surface area contributed by atoms with Crippen molar-refractivity contribution >= 4 is 17.5 Å². The van der Waals surface area contributed by atoms with Crippen LogP contribution in [0.1, 0.15) is 56.4 Å². The Hall–Kier alpha value is -3.54. The fourth-order valence-corrected chi connectivity index (χ4v) is 4.08. The van der Waals surface area contributed by atoms with Crippen LogP contribution in [0, 0.1) is 19.7 Å². The van der Waals surface area contributed by atoms with Gasteiger partial charge in [-0.3, -0.25) is 14.6 Å². The second kappa shape index (κ2) is 9.30. The molecule has 1 aliphatic heterocycles. The van der Waals surface area contributed by atoms with Crippen LogP contribution in [0.3, 0.4) is 0 Å². The summed E-state index contributed by atoms with van der Waals surface area (Å²) in [6.07, 6.45) is 1.39. The average molecular weight is 432 g/mol. The number of carbonyl (C=O) groups is 2. The van der Waals surface area contributed by atoms with Crippen molar-refractivity contribution in [2.24, 2.45) is 0 Å². The molecule has 1 fully saturated rings. The molecule has 0 saturated carbocycles. The number of nitrogens with zero attached hydrogens (tertiary/aromatic N) is 2. The molecule has 0 unspecified atom stereocenters. The summed E-state index contributed by atoms with van der Waals surface area (Å²) in [5.74, 6) is -0.698. The molecule has 2 heterocycles. The van der Waals surface area contributed by atoms with Gasteiger partial charge in [0.1, 0.15) is 5.82 Å². The predicted octanol–water partition coefficient (Wildman–Crippen LogP) is 5.11. The largest absolute Gasteiger partial charge is 0.339 e. The Morgan fingerprint density at radius 1 is 1.00 bits per heavy atom. The number of carbonyl (C=O) groups excluding carboxylic acids is 2. The van der Waals surface area contributed by atoms with Crippen LogP contribution < -0.4 is 5.32 Å². The van der Waals surface area contributed by atoms with E-state index in [2.05, 4.69) is 5.32 Å². The Bertz CT molecular complexity index is 1140. The lowest BCUT2D eigenvalue weighted by Crippen LogP contribution is -2.38. The number of hydrogen-bond acceptors (Lipinski definition) is 3. The molecule has 0 aliphatic carbocycles. The van der Waals surface area contributed by atoms with Crippen LogP contribution in [0.4, 0.5) is 10.1 Å². The lowest BCUT2D eigenvalue weighted by molar-refractivity contribution is 0.0710. The third kappa shape index (κ3) is 4.85. The number of halogens is 1. The molecule has 0 radical (unpaired) electrons. The quantitative estimate of drug-likeness (QED) is 0.624. The molecule has 164 valence electrons. The van der Waals surface area contributed by atoms with Crippen molar-refractivity contribution in [3.05, 3.63) is 94.6 Å². The van der Waals surface area contributed by atoms with Crippen LogP contribution in [0.2, 0.25) is 0 Å². The molecule has 4 rings (SSSR count). The highest BCUT2D eigenvalue weighted by Crippen LogP contribution is 2.30. The van der Waals surface area contributed by atoms with Gasteiger partial charge in [0, 0.05) is 36.0 Å². The summed E-state index contributed by atoms with van der Waals surface area (Å²) in [6.45, 7) is 4.98. The minimum absolute atomic E-state index is 0.0743. The molecule has 32 heavy (non-hydrogen) atoms. The predicted molar refractivity (Wildman–Crippen MR) is 122 cm³/mol. The zero-order valence-corrected chi connectivity index (χ0v) is 18.3. The summed E-state index contributed by atoms with van der Waals surface area (Å²) in [4.78, 5) is 32.2. The summed E-state index contributed by atoms with van der Waals surface area (Å²) in [5.41, 5.74) is 4.40. The van der Waals surface area contributed by atoms with Crippen LogP contribution in [0.15, 0.2) is 60.7 Å². The van der Waals surface area contributed by atoms with Crippen molar-refractivity contribution < 1.29 is 14.0 Å². The lowest BCUT2D eigenvalue weighted by atomic mass is 9.89. The average Bonchev–Trinajstić information content (AvgIpc) is 2.80. The number of nitrogens with one attached hydrogen (secondary N) is 1. The number of pyridine rings is 1. The van der Waals surface area contributed by atoms with Gasteiger partial charge in [-0.1, -0.05) is 23.8 Å². The van der Waals surface area contributed by atoms with E-state index in [0.29, 0.717) is 37.1 Å². The van der Waals surface area contributed by atoms with Crippen molar-refractivity contribution in [2.75, 3.05) is 18.4 Å². The Balaban J connectivity index is 1.48. The number of likely N-dealkylation sites (tertiary alicyclic amines) is 1. The van der Waals surface area contributed by atoms with E-state index in [1.165, 1.54) is 12.1 Å². The van der Waals surface area contributed by atoms with Gasteiger partial charge in [-0.2, -0.15) is 0 Å². The van der Waals surface area contributed by atoms with Gasteiger partial charge in [0.15, 0.2) is 0 Å². The summed E-state index contributed by atoms with van der Waals surface area (Å²) in [6, 6.07) is 17.1. The maximum Gasteiger partial charge on any atom is 0.257 e. The minimum Gasteiger partial charge on any atom is -0.339 e. The van der Waals surface area contributed by atoms with E-state index in [4.69, 9.17) is 4.98 Å². The van der Waals surface area contributed by atoms with Gasteiger partial charge >= 0.3 is 0 Å². The van der Waals surface area contributed by atoms with Crippen molar-refractivity contribution in [1.29, 1.82) is 0 Å². The molecular formula is C26H26FN3O2. The number of rotatable bonds is 4. The van der Waals surface area contributed by atoms with Crippen molar-refractivity contribution in [3.63, 3.8) is 0 Å². The number of amides is 2. The van der Waals surface area contributed by atoms with Gasteiger partial charge in [0.25, 0.3) is 11.8 Å². The topological polar surface area (TPSA) is 62.3 Å². The molecule has 1 aliphatic rings. The normalized spacial score (nSPS) is 14.3. The molecule has 1 saturated heterocycles. The number of hydrogen-bond donors (Lipinski definition) is 1. The smallest absolute Gasteiger partial charge is 0.257 e. The molecule has 0 bridgehead atoms. The maximum atomic E-state index is 13.5. The van der Waals surface area contributed by atoms with E-state index in [0.717, 1.165) is 22.6 Å². The molecule has 1 aromatic heterocycles. The van der Waals surface area contributed by atoms with Crippen molar-refractivity contribution in [2.45, 2.75) is 32.6 Å². The Morgan fingerprint density at radius 2 is 1.72 bits per heavy atom. The van der Waals surface area contributed by atoms with Gasteiger partial charge in [-0.05, 0) is 69.2 Å². The molecule has 6 heteroatoms. The maximum absolute atomic E-state index is 13.5. The summed E-state index contributed by atoms with van der Waals surface area (Å²) < 4.78 is 13.5. The van der Waals surface area contributed by atoms with E-state index < -0.39 is 5.82 Å². The zero-order chi connectivity index (χ0) is 22.7. The van der Waals surface area contributed by atoms with Gasteiger partial charge < -0.3 is 10.2 Å². The van der Waals surface area contributed by atoms with E-state index in [1.807, 2.05) is 50.2 Å². The van der Waals surface area contributed by atoms with E-state index in [1.54, 1.807) is 17.0 Å². The second-order valence-electron chi connectivity index (χ2n) is 8.28. The zero-order valence-electron chi connectivity index (χ0n) is 18.3. The fourth-order valence-electron chi connectivity index (χ4n) is 4.08. The molecular weight excluding hydrogens is 405 g/mol. The Morgan fingerprint density at radius 3 is 2.41 bits per heavy atom. The first-order valence-corrected chi connectivity index (χ1v) is 10.8. The first-order valence-electron chi connectivity index (χ1n) is 10.8. The first kappa shape index (κ1) is 21.7. The SMILES string of the molecule is Cc1ccc(NC(=O)c2ccc(C)nc2C2CCN(C(=O)c3cccc(F)c3)CC2)cc1. The Labute approximate surface area is 187 Å². The first-order chi connectivity index (χ1) is 15.4. The van der Waals surface area contributed by atoms with Gasteiger partial charge in [0.2, 0.25) is 0 Å². The third-order valence-electron chi connectivity index (χ3n) is 5.86. The summed E-state index contributed by atoms with van der Waals surface area (Å²) >= 11 is 0. The van der Waals surface area contributed by atoms with E-state index in [9.17, 15) is 14.0 Å². The monoisotopic (exact) mass is 431 g/mol. The fraction of sp³-hybridized carbons (Fsp3) is 0.269. The van der Waals surface area contributed by atoms with E-state index in [-0.39, 0.29) is 17.7 Å². The lowest BCUT2D eigenvalue weighted by Gasteiger charge is -2.32. The third-order valence-corrected chi connectivity index (χ3v) is 5.86. The van der Waals surface area contributed by atoms with Crippen LogP contribution >= 0.6 is 0 Å². The number of anilines is 1. The van der Waals surface area contributed by atoms with Crippen LogP contribution in [0.25, 0.3) is 0 Å². The molecule has 3 aromatic rings. The summed E-state index contributed by atoms with van der Waals surface area (Å²) in [5, 5.41) is 2.96. The van der Waals surface area contributed by atoms with Gasteiger partial charge in [-0.15, -0.1) is 0 Å². The molecule has 0 atom stereocenters. The second-order valence-corrected chi connectivity index (χ2v) is 8.28. The highest BCUT2D eigenvalue weighted by molar-refractivity contribution is 6.05. The van der Waals surface area contributed by atoms with Gasteiger partial charge in [0.05, 0.1) is 11.3 Å². The standard InChI is InChI=1S/C26H26FN3O2/c1-17-6-9-22(10-7-17)29-25(31)23-11-8-18(2)28-24(23)19-12-14-30(15-13-19)26(32)20-4-3-5-21(27)16-20/h3-11,16,19H,12-15H2,1-2H3,(H,29,31). The molecule has 2 amide bonds. The van der Waals surface area contributed by atoms with Crippen molar-refractivity contribution in [3.8, 4) is 0 Å². The van der Waals surface area contributed by atoms with Crippen molar-refractivity contribution in [1.82, 2.24) is 9.88 Å². The molecule has 5 nitrogen and oxygen atoms in total. The van der Waals surface area contributed by atoms with Crippen LogP contribution in [0.5, 0.6) is 0 Å². The highest BCUT2D eigenvalue weighted by Gasteiger charge is 2.28. The molecule has 2 aromatic carbocycles. The minimum atomic E-state index is -0.418. The highest BCUT2D eigenvalue weighted by atomic mass is 19.1. The number of benzene rings is 2. The van der Waals surface area contributed by atoms with Crippen LogP contribution in [-0.2, 0) is 0 Å². The van der Waals surface area contributed by atoms with E-state index >= 15 is 0 Å². The number of piperidine rings is 1. The number of aromatic nitrogens is 1. The van der Waals surface area contributed by atoms with Gasteiger partial charge in [-0.25, -0.2) is 4.39 Å². The number of aryl methyl sites for hydroxylation is 2. The summed E-state index contributed by atoms with van der Waals surface area (Å²) in [7, 11) is 0. The molecule has 0 spiro atoms.